The summed E-state index contributed by atoms with van der Waals surface area (Å²) < 4.78 is 5.97. The molecule has 0 spiro atoms. The van der Waals surface area contributed by atoms with Crippen molar-refractivity contribution < 1.29 is 4.74 Å². The van der Waals surface area contributed by atoms with Crippen LogP contribution < -0.4 is 5.32 Å². The van der Waals surface area contributed by atoms with Gasteiger partial charge < -0.3 is 10.1 Å². The standard InChI is InChI=1S/C17H21NO/c1-18-17(16-11-4-5-12-19-16)15-10-6-8-13-7-2-3-9-14(13)15/h2-3,6-10,16-18H,4-5,11-12H2,1H3. The van der Waals surface area contributed by atoms with Gasteiger partial charge in [0.1, 0.15) is 0 Å². The second-order valence-corrected chi connectivity index (χ2v) is 5.24. The van der Waals surface area contributed by atoms with Gasteiger partial charge in [0.15, 0.2) is 0 Å². The molecule has 3 rings (SSSR count). The Kier molecular flexibility index (Phi) is 3.81. The van der Waals surface area contributed by atoms with Gasteiger partial charge in [-0.2, -0.15) is 0 Å². The van der Waals surface area contributed by atoms with Gasteiger partial charge in [-0.05, 0) is 42.6 Å². The first-order valence-corrected chi connectivity index (χ1v) is 7.16. The zero-order chi connectivity index (χ0) is 13.1. The maximum absolute atomic E-state index is 5.97. The maximum atomic E-state index is 5.97. The molecule has 1 fully saturated rings. The number of nitrogens with one attached hydrogen (secondary N) is 1. The van der Waals surface area contributed by atoms with E-state index in [1.54, 1.807) is 0 Å². The molecule has 2 aromatic rings. The molecule has 0 saturated carbocycles. The van der Waals surface area contributed by atoms with Crippen LogP contribution >= 0.6 is 0 Å². The summed E-state index contributed by atoms with van der Waals surface area (Å²) in [6.45, 7) is 0.896. The SMILES string of the molecule is CNC(c1cccc2ccccc12)C1CCCCO1. The molecular weight excluding hydrogens is 234 g/mol. The minimum Gasteiger partial charge on any atom is -0.376 e. The summed E-state index contributed by atoms with van der Waals surface area (Å²) in [5.41, 5.74) is 1.35. The monoisotopic (exact) mass is 255 g/mol. The molecule has 0 radical (unpaired) electrons. The van der Waals surface area contributed by atoms with Crippen molar-refractivity contribution in [1.29, 1.82) is 0 Å². The van der Waals surface area contributed by atoms with Gasteiger partial charge in [-0.15, -0.1) is 0 Å². The van der Waals surface area contributed by atoms with Gasteiger partial charge in [0.2, 0.25) is 0 Å². The third-order valence-corrected chi connectivity index (χ3v) is 4.06. The molecule has 19 heavy (non-hydrogen) atoms. The molecule has 1 aliphatic rings. The summed E-state index contributed by atoms with van der Waals surface area (Å²) in [6.07, 6.45) is 3.91. The molecule has 0 amide bonds. The first-order chi connectivity index (χ1) is 9.40. The Bertz CT molecular complexity index is 540. The lowest BCUT2D eigenvalue weighted by molar-refractivity contribution is -0.00632. The number of rotatable bonds is 3. The maximum Gasteiger partial charge on any atom is 0.0769 e. The third kappa shape index (κ3) is 2.51. The Balaban J connectivity index is 2.00. The average Bonchev–Trinajstić information content (AvgIpc) is 2.49. The fraction of sp³-hybridized carbons (Fsp3) is 0.412. The number of hydrogen-bond donors (Lipinski definition) is 1. The minimum atomic E-state index is 0.284. The van der Waals surface area contributed by atoms with E-state index in [1.807, 2.05) is 7.05 Å². The molecule has 2 heteroatoms. The molecule has 0 bridgehead atoms. The van der Waals surface area contributed by atoms with Crippen molar-refractivity contribution in [3.05, 3.63) is 48.0 Å². The van der Waals surface area contributed by atoms with Gasteiger partial charge in [-0.25, -0.2) is 0 Å². The Labute approximate surface area is 114 Å². The van der Waals surface area contributed by atoms with E-state index < -0.39 is 0 Å². The fourth-order valence-corrected chi connectivity index (χ4v) is 3.09. The zero-order valence-electron chi connectivity index (χ0n) is 11.4. The van der Waals surface area contributed by atoms with E-state index in [0.29, 0.717) is 6.10 Å². The normalized spacial score (nSPS) is 21.4. The van der Waals surface area contributed by atoms with Gasteiger partial charge in [0, 0.05) is 6.61 Å². The number of benzene rings is 2. The van der Waals surface area contributed by atoms with Crippen LogP contribution in [-0.2, 0) is 4.74 Å². The van der Waals surface area contributed by atoms with E-state index in [4.69, 9.17) is 4.74 Å². The Morgan fingerprint density at radius 2 is 1.95 bits per heavy atom. The van der Waals surface area contributed by atoms with Gasteiger partial charge in [-0.3, -0.25) is 0 Å². The number of ether oxygens (including phenoxy) is 1. The van der Waals surface area contributed by atoms with E-state index in [-0.39, 0.29) is 6.04 Å². The van der Waals surface area contributed by atoms with E-state index in [2.05, 4.69) is 47.8 Å². The summed E-state index contributed by atoms with van der Waals surface area (Å²) in [7, 11) is 2.03. The van der Waals surface area contributed by atoms with Crippen LogP contribution in [0.15, 0.2) is 42.5 Å². The highest BCUT2D eigenvalue weighted by molar-refractivity contribution is 5.86. The highest BCUT2D eigenvalue weighted by Crippen LogP contribution is 2.30. The summed E-state index contributed by atoms with van der Waals surface area (Å²) in [4.78, 5) is 0. The molecule has 100 valence electrons. The predicted octanol–water partition coefficient (Wildman–Crippen LogP) is 3.67. The highest BCUT2D eigenvalue weighted by Gasteiger charge is 2.25. The molecule has 2 aromatic carbocycles. The van der Waals surface area contributed by atoms with Crippen LogP contribution in [0.3, 0.4) is 0 Å². The lowest BCUT2D eigenvalue weighted by Crippen LogP contribution is -2.34. The van der Waals surface area contributed by atoms with Crippen molar-refractivity contribution in [3.63, 3.8) is 0 Å². The summed E-state index contributed by atoms with van der Waals surface area (Å²) >= 11 is 0. The van der Waals surface area contributed by atoms with Crippen molar-refractivity contribution in [2.75, 3.05) is 13.7 Å². The predicted molar refractivity (Wildman–Crippen MR) is 79.3 cm³/mol. The smallest absolute Gasteiger partial charge is 0.0769 e. The Morgan fingerprint density at radius 3 is 2.74 bits per heavy atom. The first kappa shape index (κ1) is 12.6. The summed E-state index contributed by atoms with van der Waals surface area (Å²) in [5.74, 6) is 0. The second kappa shape index (κ2) is 5.72. The molecule has 1 aliphatic heterocycles. The molecule has 2 nitrogen and oxygen atoms in total. The Morgan fingerprint density at radius 1 is 1.11 bits per heavy atom. The van der Waals surface area contributed by atoms with Crippen LogP contribution in [0.4, 0.5) is 0 Å². The van der Waals surface area contributed by atoms with Crippen molar-refractivity contribution in [2.45, 2.75) is 31.4 Å². The highest BCUT2D eigenvalue weighted by atomic mass is 16.5. The number of likely N-dealkylation sites (N-methyl/N-ethyl adjacent to an activating group) is 1. The minimum absolute atomic E-state index is 0.284. The largest absolute Gasteiger partial charge is 0.376 e. The van der Waals surface area contributed by atoms with Crippen LogP contribution in [0.1, 0.15) is 30.9 Å². The zero-order valence-corrected chi connectivity index (χ0v) is 11.4. The molecule has 1 N–H and O–H groups in total. The fourth-order valence-electron chi connectivity index (χ4n) is 3.09. The van der Waals surface area contributed by atoms with Crippen LogP contribution in [-0.4, -0.2) is 19.8 Å². The molecule has 1 saturated heterocycles. The van der Waals surface area contributed by atoms with E-state index in [9.17, 15) is 0 Å². The van der Waals surface area contributed by atoms with Crippen LogP contribution in [0.2, 0.25) is 0 Å². The number of fused-ring (bicyclic) bond motifs is 1. The molecule has 0 aliphatic carbocycles. The Hall–Kier alpha value is -1.38. The second-order valence-electron chi connectivity index (χ2n) is 5.24. The van der Waals surface area contributed by atoms with E-state index in [0.717, 1.165) is 13.0 Å². The van der Waals surface area contributed by atoms with Crippen molar-refractivity contribution >= 4 is 10.8 Å². The van der Waals surface area contributed by atoms with Gasteiger partial charge in [0.25, 0.3) is 0 Å². The van der Waals surface area contributed by atoms with Crippen LogP contribution in [0.25, 0.3) is 10.8 Å². The molecule has 1 heterocycles. The van der Waals surface area contributed by atoms with E-state index >= 15 is 0 Å². The summed E-state index contributed by atoms with van der Waals surface area (Å²) in [5, 5.41) is 6.09. The van der Waals surface area contributed by atoms with E-state index in [1.165, 1.54) is 29.2 Å². The molecule has 2 atom stereocenters. The van der Waals surface area contributed by atoms with Gasteiger partial charge >= 0.3 is 0 Å². The van der Waals surface area contributed by atoms with Crippen molar-refractivity contribution in [2.24, 2.45) is 0 Å². The van der Waals surface area contributed by atoms with Crippen molar-refractivity contribution in [3.8, 4) is 0 Å². The van der Waals surface area contributed by atoms with Crippen LogP contribution in [0, 0.1) is 0 Å². The average molecular weight is 255 g/mol. The lowest BCUT2D eigenvalue weighted by Gasteiger charge is -2.31. The first-order valence-electron chi connectivity index (χ1n) is 7.16. The van der Waals surface area contributed by atoms with Crippen molar-refractivity contribution in [1.82, 2.24) is 5.32 Å². The topological polar surface area (TPSA) is 21.3 Å². The number of hydrogen-bond acceptors (Lipinski definition) is 2. The van der Waals surface area contributed by atoms with Gasteiger partial charge in [0.05, 0.1) is 12.1 Å². The molecule has 0 aromatic heterocycles. The van der Waals surface area contributed by atoms with Crippen LogP contribution in [0.5, 0.6) is 0 Å². The summed E-state index contributed by atoms with van der Waals surface area (Å²) in [6, 6.07) is 15.4. The molecular formula is C17H21NO. The quantitative estimate of drug-likeness (QED) is 0.903. The van der Waals surface area contributed by atoms with Gasteiger partial charge in [-0.1, -0.05) is 42.5 Å². The molecule has 2 unspecified atom stereocenters. The lowest BCUT2D eigenvalue weighted by atomic mass is 9.92. The third-order valence-electron chi connectivity index (χ3n) is 4.06.